The molecule has 0 bridgehead atoms. The number of benzene rings is 1. The third-order valence-corrected chi connectivity index (χ3v) is 5.00. The summed E-state index contributed by atoms with van der Waals surface area (Å²) in [5.74, 6) is 0.624. The van der Waals surface area contributed by atoms with E-state index in [1.165, 1.54) is 5.56 Å². The molecule has 2 rings (SSSR count). The van der Waals surface area contributed by atoms with Crippen molar-refractivity contribution in [2.45, 2.75) is 37.8 Å². The molecule has 1 aromatic carbocycles. The second-order valence-corrected chi connectivity index (χ2v) is 6.91. The molecule has 0 saturated heterocycles. The fraction of sp³-hybridized carbons (Fsp3) is 0.438. The maximum Gasteiger partial charge on any atom is 0.0641 e. The van der Waals surface area contributed by atoms with Crippen LogP contribution in [0.25, 0.3) is 0 Å². The summed E-state index contributed by atoms with van der Waals surface area (Å²) >= 11 is 0. The van der Waals surface area contributed by atoms with Crippen molar-refractivity contribution in [2.75, 3.05) is 12.3 Å². The van der Waals surface area contributed by atoms with Crippen molar-refractivity contribution >= 4 is 10.8 Å². The molecule has 5 heteroatoms. The average Bonchev–Trinajstić information content (AvgIpc) is 2.93. The Bertz CT molecular complexity index is 582. The first-order chi connectivity index (χ1) is 10.1. The summed E-state index contributed by atoms with van der Waals surface area (Å²) in [4.78, 5) is 0.891. The molecule has 2 aromatic rings. The Morgan fingerprint density at radius 3 is 2.62 bits per heavy atom. The predicted octanol–water partition coefficient (Wildman–Crippen LogP) is 2.54. The third kappa shape index (κ3) is 4.51. The molecule has 0 fully saturated rings. The lowest BCUT2D eigenvalue weighted by Gasteiger charge is -2.21. The van der Waals surface area contributed by atoms with Gasteiger partial charge in [0.25, 0.3) is 0 Å². The van der Waals surface area contributed by atoms with Crippen LogP contribution >= 0.6 is 0 Å². The SMILES string of the molecule is Cc1cnn([C@H](C)[C@H](C)NCC[S@@](=O)c2ccccc2)c1. The smallest absolute Gasteiger partial charge is 0.0641 e. The molecule has 3 atom stereocenters. The highest BCUT2D eigenvalue weighted by molar-refractivity contribution is 7.85. The lowest BCUT2D eigenvalue weighted by atomic mass is 10.2. The van der Waals surface area contributed by atoms with Gasteiger partial charge in [-0.3, -0.25) is 8.89 Å². The van der Waals surface area contributed by atoms with Crippen LogP contribution in [0.15, 0.2) is 47.6 Å². The van der Waals surface area contributed by atoms with Crippen LogP contribution in [0.5, 0.6) is 0 Å². The summed E-state index contributed by atoms with van der Waals surface area (Å²) in [7, 11) is -0.938. The van der Waals surface area contributed by atoms with Gasteiger partial charge in [0.1, 0.15) is 0 Å². The Morgan fingerprint density at radius 1 is 1.29 bits per heavy atom. The molecule has 0 saturated carbocycles. The molecule has 0 aliphatic carbocycles. The number of nitrogens with zero attached hydrogens (tertiary/aromatic N) is 2. The van der Waals surface area contributed by atoms with Crippen molar-refractivity contribution in [3.8, 4) is 0 Å². The Labute approximate surface area is 129 Å². The van der Waals surface area contributed by atoms with E-state index in [1.807, 2.05) is 54.3 Å². The molecule has 0 unspecified atom stereocenters. The van der Waals surface area contributed by atoms with Gasteiger partial charge in [0.05, 0.1) is 23.0 Å². The molecule has 0 radical (unpaired) electrons. The molecule has 0 amide bonds. The average molecular weight is 305 g/mol. The quantitative estimate of drug-likeness (QED) is 0.855. The number of rotatable bonds is 7. The normalized spacial score (nSPS) is 15.6. The van der Waals surface area contributed by atoms with Gasteiger partial charge in [-0.15, -0.1) is 0 Å². The summed E-state index contributed by atoms with van der Waals surface area (Å²) in [5.41, 5.74) is 1.17. The second kappa shape index (κ2) is 7.52. The van der Waals surface area contributed by atoms with Gasteiger partial charge in [-0.05, 0) is 38.5 Å². The zero-order valence-corrected chi connectivity index (χ0v) is 13.6. The van der Waals surface area contributed by atoms with Crippen molar-refractivity contribution in [3.63, 3.8) is 0 Å². The highest BCUT2D eigenvalue weighted by Gasteiger charge is 2.14. The van der Waals surface area contributed by atoms with E-state index in [4.69, 9.17) is 0 Å². The van der Waals surface area contributed by atoms with Crippen molar-refractivity contribution in [2.24, 2.45) is 0 Å². The molecule has 0 spiro atoms. The van der Waals surface area contributed by atoms with Crippen molar-refractivity contribution < 1.29 is 4.21 Å². The molecule has 1 heterocycles. The molecule has 1 N–H and O–H groups in total. The molecular formula is C16H23N3OS. The van der Waals surface area contributed by atoms with Crippen LogP contribution in [-0.4, -0.2) is 32.3 Å². The molecule has 4 nitrogen and oxygen atoms in total. The zero-order chi connectivity index (χ0) is 15.2. The minimum Gasteiger partial charge on any atom is -0.311 e. The van der Waals surface area contributed by atoms with Gasteiger partial charge < -0.3 is 5.32 Å². The minimum atomic E-state index is -0.938. The first kappa shape index (κ1) is 15.9. The highest BCUT2D eigenvalue weighted by Crippen LogP contribution is 2.11. The Kier molecular flexibility index (Phi) is 5.70. The minimum absolute atomic E-state index is 0.267. The maximum absolute atomic E-state index is 12.1. The van der Waals surface area contributed by atoms with Gasteiger partial charge in [-0.2, -0.15) is 5.10 Å². The summed E-state index contributed by atoms with van der Waals surface area (Å²) in [6, 6.07) is 10.1. The van der Waals surface area contributed by atoms with Crippen LogP contribution in [0.3, 0.4) is 0 Å². The number of hydrogen-bond donors (Lipinski definition) is 1. The van der Waals surface area contributed by atoms with E-state index in [9.17, 15) is 4.21 Å². The van der Waals surface area contributed by atoms with Gasteiger partial charge >= 0.3 is 0 Å². The van der Waals surface area contributed by atoms with Crippen molar-refractivity contribution in [1.29, 1.82) is 0 Å². The van der Waals surface area contributed by atoms with Crippen LogP contribution in [0, 0.1) is 6.92 Å². The first-order valence-electron chi connectivity index (χ1n) is 7.25. The van der Waals surface area contributed by atoms with E-state index >= 15 is 0 Å². The Morgan fingerprint density at radius 2 is 2.00 bits per heavy atom. The van der Waals surface area contributed by atoms with Crippen LogP contribution < -0.4 is 5.32 Å². The monoisotopic (exact) mass is 305 g/mol. The summed E-state index contributed by atoms with van der Waals surface area (Å²) in [6.45, 7) is 7.04. The summed E-state index contributed by atoms with van der Waals surface area (Å²) in [6.07, 6.45) is 3.92. The van der Waals surface area contributed by atoms with E-state index in [0.717, 1.165) is 11.4 Å². The summed E-state index contributed by atoms with van der Waals surface area (Å²) < 4.78 is 14.1. The van der Waals surface area contributed by atoms with Crippen molar-refractivity contribution in [3.05, 3.63) is 48.3 Å². The maximum atomic E-state index is 12.1. The van der Waals surface area contributed by atoms with Crippen LogP contribution in [-0.2, 0) is 10.8 Å². The van der Waals surface area contributed by atoms with Crippen LogP contribution in [0.4, 0.5) is 0 Å². The zero-order valence-electron chi connectivity index (χ0n) is 12.8. The number of nitrogens with one attached hydrogen (secondary N) is 1. The number of hydrogen-bond acceptors (Lipinski definition) is 3. The fourth-order valence-electron chi connectivity index (χ4n) is 2.12. The van der Waals surface area contributed by atoms with Gasteiger partial charge in [0, 0.05) is 29.4 Å². The van der Waals surface area contributed by atoms with E-state index in [2.05, 4.69) is 24.3 Å². The van der Waals surface area contributed by atoms with Gasteiger partial charge in [0.2, 0.25) is 0 Å². The van der Waals surface area contributed by atoms with Gasteiger partial charge in [-0.25, -0.2) is 0 Å². The van der Waals surface area contributed by atoms with E-state index in [1.54, 1.807) is 0 Å². The van der Waals surface area contributed by atoms with E-state index < -0.39 is 10.8 Å². The Balaban J connectivity index is 1.79. The number of aryl methyl sites for hydroxylation is 1. The van der Waals surface area contributed by atoms with E-state index in [-0.39, 0.29) is 12.1 Å². The topological polar surface area (TPSA) is 46.9 Å². The third-order valence-electron chi connectivity index (χ3n) is 3.63. The lowest BCUT2D eigenvalue weighted by molar-refractivity contribution is 0.372. The number of aromatic nitrogens is 2. The Hall–Kier alpha value is -1.46. The van der Waals surface area contributed by atoms with Crippen molar-refractivity contribution in [1.82, 2.24) is 15.1 Å². The predicted molar refractivity (Wildman–Crippen MR) is 86.9 cm³/mol. The molecule has 0 aliphatic heterocycles. The standard InChI is InChI=1S/C16H23N3OS/c1-13-11-18-19(12-13)15(3)14(2)17-9-10-21(20)16-7-5-4-6-8-16/h4-8,11-12,14-15,17H,9-10H2,1-3H3/t14-,15+,21+/m0/s1. The molecular weight excluding hydrogens is 282 g/mol. The first-order valence-corrected chi connectivity index (χ1v) is 8.57. The summed E-state index contributed by atoms with van der Waals surface area (Å²) in [5, 5.41) is 7.78. The largest absolute Gasteiger partial charge is 0.311 e. The van der Waals surface area contributed by atoms with Gasteiger partial charge in [0.15, 0.2) is 0 Å². The fourth-order valence-corrected chi connectivity index (χ4v) is 3.12. The van der Waals surface area contributed by atoms with Gasteiger partial charge in [-0.1, -0.05) is 18.2 Å². The second-order valence-electron chi connectivity index (χ2n) is 5.34. The van der Waals surface area contributed by atoms with Crippen LogP contribution in [0.2, 0.25) is 0 Å². The molecule has 1 aromatic heterocycles. The van der Waals surface area contributed by atoms with E-state index in [0.29, 0.717) is 5.75 Å². The lowest BCUT2D eigenvalue weighted by Crippen LogP contribution is -2.36. The molecule has 114 valence electrons. The molecule has 0 aliphatic rings. The van der Waals surface area contributed by atoms with Crippen LogP contribution in [0.1, 0.15) is 25.5 Å². The molecule has 21 heavy (non-hydrogen) atoms. The highest BCUT2D eigenvalue weighted by atomic mass is 32.2.